The van der Waals surface area contributed by atoms with Gasteiger partial charge in [-0.1, -0.05) is 6.07 Å². The van der Waals surface area contributed by atoms with Gasteiger partial charge >= 0.3 is 0 Å². The summed E-state index contributed by atoms with van der Waals surface area (Å²) in [5, 5.41) is 0. The summed E-state index contributed by atoms with van der Waals surface area (Å²) >= 11 is 0. The van der Waals surface area contributed by atoms with Crippen LogP contribution in [0.25, 0.3) is 0 Å². The molecule has 0 unspecified atom stereocenters. The second kappa shape index (κ2) is 5.76. The number of carbonyl (C=O) groups is 1. The number of nitrogen functional groups attached to an aromatic ring is 1. The van der Waals surface area contributed by atoms with E-state index in [2.05, 4.69) is 0 Å². The molecule has 0 aliphatic carbocycles. The Balaban J connectivity index is 1.86. The fourth-order valence-corrected chi connectivity index (χ4v) is 2.09. The van der Waals surface area contributed by atoms with Gasteiger partial charge in [0.2, 0.25) is 0 Å². The van der Waals surface area contributed by atoms with Gasteiger partial charge in [-0.15, -0.1) is 0 Å². The Labute approximate surface area is 108 Å². The zero-order valence-electron chi connectivity index (χ0n) is 10.8. The molecule has 4 heteroatoms. The molecule has 1 saturated heterocycles. The molecule has 0 radical (unpaired) electrons. The van der Waals surface area contributed by atoms with Crippen LogP contribution in [-0.4, -0.2) is 30.5 Å². The van der Waals surface area contributed by atoms with E-state index in [1.54, 1.807) is 6.07 Å². The fourth-order valence-electron chi connectivity index (χ4n) is 2.09. The Bertz CT molecular complexity index is 426. The Morgan fingerprint density at radius 1 is 1.33 bits per heavy atom. The number of aryl methyl sites for hydroxylation is 1. The molecular weight excluding hydrogens is 228 g/mol. The van der Waals surface area contributed by atoms with Crippen molar-refractivity contribution in [2.45, 2.75) is 26.2 Å². The van der Waals surface area contributed by atoms with Gasteiger partial charge in [0.05, 0.1) is 0 Å². The number of anilines is 1. The monoisotopic (exact) mass is 248 g/mol. The molecule has 1 aromatic carbocycles. The number of benzene rings is 1. The van der Waals surface area contributed by atoms with Crippen molar-refractivity contribution in [3.05, 3.63) is 23.8 Å². The van der Waals surface area contributed by atoms with Crippen LogP contribution in [0.5, 0.6) is 5.75 Å². The van der Waals surface area contributed by atoms with Crippen molar-refractivity contribution in [1.82, 2.24) is 4.90 Å². The van der Waals surface area contributed by atoms with Crippen LogP contribution in [0, 0.1) is 6.92 Å². The Kier molecular flexibility index (Phi) is 4.07. The number of hydrogen-bond donors (Lipinski definition) is 1. The number of hydrogen-bond acceptors (Lipinski definition) is 3. The fraction of sp³-hybridized carbons (Fsp3) is 0.500. The van der Waals surface area contributed by atoms with Crippen LogP contribution >= 0.6 is 0 Å². The van der Waals surface area contributed by atoms with E-state index in [9.17, 15) is 4.79 Å². The molecule has 0 saturated carbocycles. The minimum absolute atomic E-state index is 0.0637. The lowest BCUT2D eigenvalue weighted by molar-refractivity contribution is -0.134. The Morgan fingerprint density at radius 2 is 2.06 bits per heavy atom. The van der Waals surface area contributed by atoms with Crippen LogP contribution in [0.4, 0.5) is 5.69 Å². The van der Waals surface area contributed by atoms with E-state index in [-0.39, 0.29) is 12.5 Å². The average Bonchev–Trinajstić information content (AvgIpc) is 2.41. The molecule has 2 N–H and O–H groups in total. The molecule has 0 atom stereocenters. The van der Waals surface area contributed by atoms with Gasteiger partial charge in [-0.25, -0.2) is 0 Å². The second-order valence-electron chi connectivity index (χ2n) is 4.75. The maximum atomic E-state index is 11.9. The molecule has 1 amide bonds. The highest BCUT2D eigenvalue weighted by atomic mass is 16.5. The van der Waals surface area contributed by atoms with Gasteiger partial charge in [0.15, 0.2) is 6.61 Å². The van der Waals surface area contributed by atoms with Crippen LogP contribution in [0.2, 0.25) is 0 Å². The van der Waals surface area contributed by atoms with Crippen LogP contribution in [0.3, 0.4) is 0 Å². The summed E-state index contributed by atoms with van der Waals surface area (Å²) in [6.07, 6.45) is 3.42. The van der Waals surface area contributed by atoms with Crippen molar-refractivity contribution in [3.8, 4) is 5.75 Å². The van der Waals surface area contributed by atoms with Gasteiger partial charge in [-0.05, 0) is 37.8 Å². The minimum Gasteiger partial charge on any atom is -0.484 e. The highest BCUT2D eigenvalue weighted by Crippen LogP contribution is 2.19. The first kappa shape index (κ1) is 12.7. The zero-order valence-corrected chi connectivity index (χ0v) is 10.8. The first-order chi connectivity index (χ1) is 8.66. The highest BCUT2D eigenvalue weighted by molar-refractivity contribution is 5.77. The van der Waals surface area contributed by atoms with Gasteiger partial charge in [0.1, 0.15) is 5.75 Å². The van der Waals surface area contributed by atoms with Gasteiger partial charge < -0.3 is 15.4 Å². The Hall–Kier alpha value is -1.71. The normalized spacial score (nSPS) is 15.5. The quantitative estimate of drug-likeness (QED) is 0.832. The summed E-state index contributed by atoms with van der Waals surface area (Å²) in [5.41, 5.74) is 7.51. The summed E-state index contributed by atoms with van der Waals surface area (Å²) in [4.78, 5) is 13.8. The third kappa shape index (κ3) is 3.15. The zero-order chi connectivity index (χ0) is 13.0. The number of ether oxygens (including phenoxy) is 1. The molecule has 18 heavy (non-hydrogen) atoms. The SMILES string of the molecule is Cc1ccc(OCC(=O)N2CCCCC2)cc1N. The lowest BCUT2D eigenvalue weighted by atomic mass is 10.1. The summed E-state index contributed by atoms with van der Waals surface area (Å²) in [5.74, 6) is 0.720. The van der Waals surface area contributed by atoms with Gasteiger partial charge in [0.25, 0.3) is 5.91 Å². The molecule has 1 aliphatic rings. The molecule has 0 bridgehead atoms. The maximum Gasteiger partial charge on any atom is 0.260 e. The van der Waals surface area contributed by atoms with E-state index in [0.717, 1.165) is 31.5 Å². The molecule has 1 fully saturated rings. The van der Waals surface area contributed by atoms with Crippen molar-refractivity contribution >= 4 is 11.6 Å². The molecule has 1 aromatic rings. The highest BCUT2D eigenvalue weighted by Gasteiger charge is 2.16. The summed E-state index contributed by atoms with van der Waals surface area (Å²) in [6.45, 7) is 3.76. The predicted octanol–water partition coefficient (Wildman–Crippen LogP) is 1.97. The largest absolute Gasteiger partial charge is 0.484 e. The first-order valence-electron chi connectivity index (χ1n) is 6.43. The lowest BCUT2D eigenvalue weighted by Gasteiger charge is -2.26. The van der Waals surface area contributed by atoms with E-state index >= 15 is 0 Å². The summed E-state index contributed by atoms with van der Waals surface area (Å²) in [6, 6.07) is 5.50. The number of piperidine rings is 1. The minimum atomic E-state index is 0.0637. The topological polar surface area (TPSA) is 55.6 Å². The third-order valence-corrected chi connectivity index (χ3v) is 3.32. The molecule has 4 nitrogen and oxygen atoms in total. The van der Waals surface area contributed by atoms with E-state index in [4.69, 9.17) is 10.5 Å². The Morgan fingerprint density at radius 3 is 2.72 bits per heavy atom. The number of rotatable bonds is 3. The standard InChI is InChI=1S/C14H20N2O2/c1-11-5-6-12(9-13(11)15)18-10-14(17)16-7-3-2-4-8-16/h5-6,9H,2-4,7-8,10,15H2,1H3. The number of carbonyl (C=O) groups excluding carboxylic acids is 1. The van der Waals surface area contributed by atoms with Crippen LogP contribution in [0.15, 0.2) is 18.2 Å². The second-order valence-corrected chi connectivity index (χ2v) is 4.75. The molecule has 1 aliphatic heterocycles. The van der Waals surface area contributed by atoms with Crippen LogP contribution < -0.4 is 10.5 Å². The number of nitrogens with zero attached hydrogens (tertiary/aromatic N) is 1. The molecule has 2 rings (SSSR count). The average molecular weight is 248 g/mol. The smallest absolute Gasteiger partial charge is 0.260 e. The molecule has 0 aromatic heterocycles. The van der Waals surface area contributed by atoms with Gasteiger partial charge in [-0.2, -0.15) is 0 Å². The molecule has 98 valence electrons. The number of nitrogens with two attached hydrogens (primary N) is 1. The van der Waals surface area contributed by atoms with Gasteiger partial charge in [0, 0.05) is 24.8 Å². The van der Waals surface area contributed by atoms with Crippen molar-refractivity contribution in [1.29, 1.82) is 0 Å². The maximum absolute atomic E-state index is 11.9. The predicted molar refractivity (Wildman–Crippen MR) is 71.5 cm³/mol. The van der Waals surface area contributed by atoms with Crippen molar-refractivity contribution in [3.63, 3.8) is 0 Å². The summed E-state index contributed by atoms with van der Waals surface area (Å²) < 4.78 is 5.49. The summed E-state index contributed by atoms with van der Waals surface area (Å²) in [7, 11) is 0. The molecular formula is C14H20N2O2. The van der Waals surface area contributed by atoms with Crippen molar-refractivity contribution in [2.75, 3.05) is 25.4 Å². The van der Waals surface area contributed by atoms with E-state index in [1.165, 1.54) is 6.42 Å². The van der Waals surface area contributed by atoms with Crippen LogP contribution in [-0.2, 0) is 4.79 Å². The first-order valence-corrected chi connectivity index (χ1v) is 6.43. The lowest BCUT2D eigenvalue weighted by Crippen LogP contribution is -2.38. The molecule has 1 heterocycles. The number of likely N-dealkylation sites (tertiary alicyclic amines) is 1. The van der Waals surface area contributed by atoms with E-state index in [0.29, 0.717) is 11.4 Å². The molecule has 0 spiro atoms. The van der Waals surface area contributed by atoms with E-state index < -0.39 is 0 Å². The van der Waals surface area contributed by atoms with Gasteiger partial charge in [-0.3, -0.25) is 4.79 Å². The number of amides is 1. The van der Waals surface area contributed by atoms with Crippen molar-refractivity contribution in [2.24, 2.45) is 0 Å². The van der Waals surface area contributed by atoms with Crippen LogP contribution in [0.1, 0.15) is 24.8 Å². The van der Waals surface area contributed by atoms with Crippen molar-refractivity contribution < 1.29 is 9.53 Å². The third-order valence-electron chi connectivity index (χ3n) is 3.32. The van der Waals surface area contributed by atoms with E-state index in [1.807, 2.05) is 24.0 Å².